The molecule has 0 aliphatic heterocycles. The second kappa shape index (κ2) is 8.68. The van der Waals surface area contributed by atoms with E-state index in [1.165, 1.54) is 18.7 Å². The van der Waals surface area contributed by atoms with E-state index in [9.17, 15) is 14.4 Å². The SMILES string of the molecule is CC(=O)N[C@@H](CSCC(=O)NC(C)c1cccs1)C(=O)O. The second-order valence-corrected chi connectivity index (χ2v) is 6.42. The molecule has 116 valence electrons. The van der Waals surface area contributed by atoms with E-state index in [0.29, 0.717) is 0 Å². The fourth-order valence-electron chi connectivity index (χ4n) is 1.58. The molecule has 1 heterocycles. The van der Waals surface area contributed by atoms with Gasteiger partial charge in [0.15, 0.2) is 0 Å². The Balaban J connectivity index is 2.32. The van der Waals surface area contributed by atoms with Gasteiger partial charge in [-0.3, -0.25) is 9.59 Å². The van der Waals surface area contributed by atoms with E-state index in [1.54, 1.807) is 11.3 Å². The number of hydrogen-bond acceptors (Lipinski definition) is 5. The second-order valence-electron chi connectivity index (χ2n) is 4.41. The summed E-state index contributed by atoms with van der Waals surface area (Å²) < 4.78 is 0. The van der Waals surface area contributed by atoms with Gasteiger partial charge in [-0.1, -0.05) is 6.07 Å². The number of thioether (sulfide) groups is 1. The lowest BCUT2D eigenvalue weighted by atomic mass is 10.3. The number of carboxylic acid groups (broad SMARTS) is 1. The Bertz CT molecular complexity index is 490. The van der Waals surface area contributed by atoms with Gasteiger partial charge < -0.3 is 15.7 Å². The fourth-order valence-corrected chi connectivity index (χ4v) is 3.16. The van der Waals surface area contributed by atoms with Crippen molar-refractivity contribution in [3.63, 3.8) is 0 Å². The Morgan fingerprint density at radius 1 is 1.38 bits per heavy atom. The van der Waals surface area contributed by atoms with Crippen LogP contribution in [0.2, 0.25) is 0 Å². The van der Waals surface area contributed by atoms with Gasteiger partial charge in [0.05, 0.1) is 11.8 Å². The van der Waals surface area contributed by atoms with Crippen molar-refractivity contribution in [3.8, 4) is 0 Å². The zero-order chi connectivity index (χ0) is 15.8. The van der Waals surface area contributed by atoms with E-state index in [4.69, 9.17) is 5.11 Å². The molecule has 2 atom stereocenters. The van der Waals surface area contributed by atoms with E-state index in [2.05, 4.69) is 10.6 Å². The van der Waals surface area contributed by atoms with Crippen LogP contribution in [0.25, 0.3) is 0 Å². The highest BCUT2D eigenvalue weighted by atomic mass is 32.2. The largest absolute Gasteiger partial charge is 0.480 e. The van der Waals surface area contributed by atoms with Gasteiger partial charge >= 0.3 is 5.97 Å². The number of nitrogens with one attached hydrogen (secondary N) is 2. The molecule has 0 saturated carbocycles. The average molecular weight is 330 g/mol. The van der Waals surface area contributed by atoms with Gasteiger partial charge in [0.1, 0.15) is 6.04 Å². The van der Waals surface area contributed by atoms with Gasteiger partial charge in [0.2, 0.25) is 11.8 Å². The predicted octanol–water partition coefficient (Wildman–Crippen LogP) is 1.25. The first kappa shape index (κ1) is 17.5. The van der Waals surface area contributed by atoms with Crippen molar-refractivity contribution in [1.29, 1.82) is 0 Å². The Kier molecular flexibility index (Phi) is 7.24. The summed E-state index contributed by atoms with van der Waals surface area (Å²) in [6.45, 7) is 3.15. The monoisotopic (exact) mass is 330 g/mol. The maximum absolute atomic E-state index is 11.8. The van der Waals surface area contributed by atoms with Crippen LogP contribution in [0, 0.1) is 0 Å². The summed E-state index contributed by atoms with van der Waals surface area (Å²) in [5.41, 5.74) is 0. The summed E-state index contributed by atoms with van der Waals surface area (Å²) in [5.74, 6) is -1.37. The molecule has 0 radical (unpaired) electrons. The van der Waals surface area contributed by atoms with Crippen molar-refractivity contribution in [2.75, 3.05) is 11.5 Å². The minimum absolute atomic E-state index is 0.0660. The number of carbonyl (C=O) groups is 3. The molecule has 6 nitrogen and oxygen atoms in total. The number of amides is 2. The highest BCUT2D eigenvalue weighted by molar-refractivity contribution is 8.00. The molecule has 0 aliphatic carbocycles. The zero-order valence-electron chi connectivity index (χ0n) is 11.8. The maximum Gasteiger partial charge on any atom is 0.327 e. The maximum atomic E-state index is 11.8. The fraction of sp³-hybridized carbons (Fsp3) is 0.462. The summed E-state index contributed by atoms with van der Waals surface area (Å²) >= 11 is 2.74. The van der Waals surface area contributed by atoms with Gasteiger partial charge in [-0.15, -0.1) is 23.1 Å². The minimum atomic E-state index is -1.11. The van der Waals surface area contributed by atoms with Gasteiger partial charge in [0.25, 0.3) is 0 Å². The average Bonchev–Trinajstić information content (AvgIpc) is 2.90. The van der Waals surface area contributed by atoms with Crippen molar-refractivity contribution in [2.45, 2.75) is 25.9 Å². The van der Waals surface area contributed by atoms with Crippen molar-refractivity contribution < 1.29 is 19.5 Å². The van der Waals surface area contributed by atoms with E-state index < -0.39 is 17.9 Å². The molecule has 1 rings (SSSR count). The standard InChI is InChI=1S/C13H18N2O4S2/c1-8(11-4-3-5-21-11)14-12(17)7-20-6-10(13(18)19)15-9(2)16/h3-5,8,10H,6-7H2,1-2H3,(H,14,17)(H,15,16)(H,18,19)/t8?,10-/m0/s1. The molecule has 0 fully saturated rings. The zero-order valence-corrected chi connectivity index (χ0v) is 13.4. The summed E-state index contributed by atoms with van der Waals surface area (Å²) in [5, 5.41) is 16.0. The number of hydrogen-bond donors (Lipinski definition) is 3. The van der Waals surface area contributed by atoms with E-state index >= 15 is 0 Å². The van der Waals surface area contributed by atoms with Crippen LogP contribution in [0.15, 0.2) is 17.5 Å². The molecule has 1 aromatic heterocycles. The lowest BCUT2D eigenvalue weighted by Gasteiger charge is -2.14. The normalized spacial score (nSPS) is 13.2. The quantitative estimate of drug-likeness (QED) is 0.667. The highest BCUT2D eigenvalue weighted by Gasteiger charge is 2.19. The number of thiophene rings is 1. The first-order valence-electron chi connectivity index (χ1n) is 6.30. The number of rotatable bonds is 8. The third kappa shape index (κ3) is 6.63. The van der Waals surface area contributed by atoms with Crippen molar-refractivity contribution in [3.05, 3.63) is 22.4 Å². The Morgan fingerprint density at radius 3 is 2.62 bits per heavy atom. The van der Waals surface area contributed by atoms with E-state index in [0.717, 1.165) is 4.88 Å². The van der Waals surface area contributed by atoms with Crippen molar-refractivity contribution in [1.82, 2.24) is 10.6 Å². The number of aliphatic carboxylic acids is 1. The molecule has 21 heavy (non-hydrogen) atoms. The van der Waals surface area contributed by atoms with Crippen LogP contribution in [0.5, 0.6) is 0 Å². The summed E-state index contributed by atoms with van der Waals surface area (Å²) in [6.07, 6.45) is 0. The molecular weight excluding hydrogens is 312 g/mol. The number of carboxylic acids is 1. The minimum Gasteiger partial charge on any atom is -0.480 e. The Hall–Kier alpha value is -1.54. The molecule has 8 heteroatoms. The Morgan fingerprint density at radius 2 is 2.10 bits per heavy atom. The van der Waals surface area contributed by atoms with Gasteiger partial charge in [-0.25, -0.2) is 4.79 Å². The summed E-state index contributed by atoms with van der Waals surface area (Å²) in [6, 6.07) is 2.82. The molecule has 1 aromatic rings. The van der Waals surface area contributed by atoms with Crippen molar-refractivity contribution in [2.24, 2.45) is 0 Å². The van der Waals surface area contributed by atoms with Crippen LogP contribution >= 0.6 is 23.1 Å². The summed E-state index contributed by atoms with van der Waals surface area (Å²) in [7, 11) is 0. The van der Waals surface area contributed by atoms with Crippen LogP contribution < -0.4 is 10.6 Å². The molecule has 0 saturated heterocycles. The van der Waals surface area contributed by atoms with Crippen LogP contribution in [0.1, 0.15) is 24.8 Å². The van der Waals surface area contributed by atoms with Crippen molar-refractivity contribution >= 4 is 40.9 Å². The van der Waals surface area contributed by atoms with E-state index in [-0.39, 0.29) is 23.5 Å². The molecular formula is C13H18N2O4S2. The third-order valence-corrected chi connectivity index (χ3v) is 4.63. The van der Waals surface area contributed by atoms with Crippen LogP contribution in [-0.4, -0.2) is 40.4 Å². The van der Waals surface area contributed by atoms with Crippen LogP contribution in [0.3, 0.4) is 0 Å². The third-order valence-electron chi connectivity index (χ3n) is 2.54. The van der Waals surface area contributed by atoms with E-state index in [1.807, 2.05) is 24.4 Å². The molecule has 3 N–H and O–H groups in total. The molecule has 0 aromatic carbocycles. The van der Waals surface area contributed by atoms with Gasteiger partial charge in [0, 0.05) is 17.6 Å². The lowest BCUT2D eigenvalue weighted by molar-refractivity contribution is -0.140. The van der Waals surface area contributed by atoms with Gasteiger partial charge in [-0.05, 0) is 18.4 Å². The first-order chi connectivity index (χ1) is 9.90. The van der Waals surface area contributed by atoms with Crippen LogP contribution in [0.4, 0.5) is 0 Å². The Labute approximate surface area is 131 Å². The highest BCUT2D eigenvalue weighted by Crippen LogP contribution is 2.18. The van der Waals surface area contributed by atoms with Crippen LogP contribution in [-0.2, 0) is 14.4 Å². The molecule has 0 spiro atoms. The molecule has 2 amide bonds. The molecule has 1 unspecified atom stereocenters. The molecule has 0 bridgehead atoms. The smallest absolute Gasteiger partial charge is 0.327 e. The van der Waals surface area contributed by atoms with Gasteiger partial charge in [-0.2, -0.15) is 0 Å². The topological polar surface area (TPSA) is 95.5 Å². The first-order valence-corrected chi connectivity index (χ1v) is 8.34. The number of carbonyl (C=O) groups excluding carboxylic acids is 2. The predicted molar refractivity (Wildman–Crippen MR) is 83.4 cm³/mol. The molecule has 0 aliphatic rings. The summed E-state index contributed by atoms with van der Waals surface area (Å²) in [4.78, 5) is 34.6. The lowest BCUT2D eigenvalue weighted by Crippen LogP contribution is -2.41.